The maximum absolute atomic E-state index is 13.1. The predicted octanol–water partition coefficient (Wildman–Crippen LogP) is 4.23. The summed E-state index contributed by atoms with van der Waals surface area (Å²) in [6.07, 6.45) is 7.61. The van der Waals surface area contributed by atoms with Crippen LogP contribution in [-0.4, -0.2) is 29.2 Å². The highest BCUT2D eigenvalue weighted by Crippen LogP contribution is 2.35. The van der Waals surface area contributed by atoms with E-state index in [0.717, 1.165) is 18.4 Å². The van der Waals surface area contributed by atoms with Crippen molar-refractivity contribution in [3.05, 3.63) is 77.2 Å². The molecule has 0 spiro atoms. The predicted molar refractivity (Wildman–Crippen MR) is 105 cm³/mol. The number of pyridine rings is 1. The molecule has 3 aromatic rings. The summed E-state index contributed by atoms with van der Waals surface area (Å²) < 4.78 is 33.7. The lowest BCUT2D eigenvalue weighted by Crippen LogP contribution is -2.38. The standard InChI is InChI=1S/C20H20ClN3O3S/c21-16-8-6-15(7-9-16)12-17-13-23-20(27-17)19-5-1-2-11-24(19)28(25,26)18-4-3-10-22-14-18/h3-4,6-10,13-14,19H,1-2,5,11-12H2/t19-/m0/s1. The van der Waals surface area contributed by atoms with E-state index in [4.69, 9.17) is 16.0 Å². The zero-order chi connectivity index (χ0) is 19.6. The summed E-state index contributed by atoms with van der Waals surface area (Å²) in [7, 11) is -3.66. The SMILES string of the molecule is O=S(=O)(c1cccnc1)N1CCCC[C@H]1c1ncc(Cc2ccc(Cl)cc2)o1. The van der Waals surface area contributed by atoms with Crippen LogP contribution in [-0.2, 0) is 16.4 Å². The quantitative estimate of drug-likeness (QED) is 0.620. The zero-order valence-electron chi connectivity index (χ0n) is 15.2. The second kappa shape index (κ2) is 8.03. The average molecular weight is 418 g/mol. The third-order valence-corrected chi connectivity index (χ3v) is 6.99. The molecule has 28 heavy (non-hydrogen) atoms. The van der Waals surface area contributed by atoms with Gasteiger partial charge in [-0.1, -0.05) is 30.2 Å². The van der Waals surface area contributed by atoms with E-state index in [1.54, 1.807) is 24.5 Å². The van der Waals surface area contributed by atoms with Crippen LogP contribution in [0.25, 0.3) is 0 Å². The summed E-state index contributed by atoms with van der Waals surface area (Å²) in [4.78, 5) is 8.53. The number of aromatic nitrogens is 2. The van der Waals surface area contributed by atoms with Crippen LogP contribution in [0.4, 0.5) is 0 Å². The number of hydrogen-bond donors (Lipinski definition) is 0. The van der Waals surface area contributed by atoms with Crippen LogP contribution in [0.3, 0.4) is 0 Å². The van der Waals surface area contributed by atoms with E-state index in [1.165, 1.54) is 10.5 Å². The molecular weight excluding hydrogens is 398 g/mol. The third kappa shape index (κ3) is 3.97. The molecule has 1 aromatic carbocycles. The van der Waals surface area contributed by atoms with Gasteiger partial charge in [0.2, 0.25) is 15.9 Å². The lowest BCUT2D eigenvalue weighted by atomic mass is 10.1. The van der Waals surface area contributed by atoms with Crippen LogP contribution in [0.1, 0.15) is 42.5 Å². The second-order valence-corrected chi connectivity index (χ2v) is 9.11. The molecule has 0 radical (unpaired) electrons. The number of sulfonamides is 1. The van der Waals surface area contributed by atoms with E-state index < -0.39 is 16.1 Å². The topological polar surface area (TPSA) is 76.3 Å². The van der Waals surface area contributed by atoms with Gasteiger partial charge in [0.15, 0.2) is 0 Å². The van der Waals surface area contributed by atoms with Gasteiger partial charge in [-0.2, -0.15) is 4.31 Å². The van der Waals surface area contributed by atoms with Gasteiger partial charge in [-0.15, -0.1) is 0 Å². The molecule has 0 aliphatic carbocycles. The Hall–Kier alpha value is -2.22. The van der Waals surface area contributed by atoms with E-state index >= 15 is 0 Å². The molecule has 1 atom stereocenters. The molecule has 6 nitrogen and oxygen atoms in total. The highest BCUT2D eigenvalue weighted by Gasteiger charge is 2.37. The Balaban J connectivity index is 1.58. The van der Waals surface area contributed by atoms with Gasteiger partial charge in [0.1, 0.15) is 16.7 Å². The first kappa shape index (κ1) is 19.1. The van der Waals surface area contributed by atoms with Crippen LogP contribution in [0.2, 0.25) is 5.02 Å². The van der Waals surface area contributed by atoms with E-state index in [0.29, 0.717) is 36.1 Å². The maximum atomic E-state index is 13.1. The summed E-state index contributed by atoms with van der Waals surface area (Å²) in [6.45, 7) is 0.441. The Kier molecular flexibility index (Phi) is 5.48. The van der Waals surface area contributed by atoms with Gasteiger partial charge in [-0.3, -0.25) is 4.98 Å². The van der Waals surface area contributed by atoms with Crippen molar-refractivity contribution in [2.75, 3.05) is 6.54 Å². The molecule has 0 unspecified atom stereocenters. The van der Waals surface area contributed by atoms with Crippen LogP contribution in [0.5, 0.6) is 0 Å². The van der Waals surface area contributed by atoms with Crippen LogP contribution < -0.4 is 0 Å². The molecule has 1 aliphatic rings. The molecule has 0 bridgehead atoms. The Morgan fingerprint density at radius 2 is 1.96 bits per heavy atom. The lowest BCUT2D eigenvalue weighted by molar-refractivity contribution is 0.216. The smallest absolute Gasteiger partial charge is 0.245 e. The fraction of sp³-hybridized carbons (Fsp3) is 0.300. The summed E-state index contributed by atoms with van der Waals surface area (Å²) in [5.41, 5.74) is 1.05. The second-order valence-electron chi connectivity index (χ2n) is 6.78. The summed E-state index contributed by atoms with van der Waals surface area (Å²) in [5, 5.41) is 0.681. The maximum Gasteiger partial charge on any atom is 0.245 e. The van der Waals surface area contributed by atoms with Gasteiger partial charge in [-0.25, -0.2) is 13.4 Å². The Bertz CT molecular complexity index is 1040. The number of nitrogens with zero attached hydrogens (tertiary/aromatic N) is 3. The van der Waals surface area contributed by atoms with Crippen LogP contribution >= 0.6 is 11.6 Å². The van der Waals surface area contributed by atoms with E-state index in [-0.39, 0.29) is 4.90 Å². The zero-order valence-corrected chi connectivity index (χ0v) is 16.7. The molecule has 0 saturated carbocycles. The van der Waals surface area contributed by atoms with Crippen molar-refractivity contribution in [3.63, 3.8) is 0 Å². The van der Waals surface area contributed by atoms with Gasteiger partial charge in [-0.05, 0) is 42.7 Å². The first-order valence-corrected chi connectivity index (χ1v) is 11.0. The molecule has 1 fully saturated rings. The van der Waals surface area contributed by atoms with E-state index in [9.17, 15) is 8.42 Å². The van der Waals surface area contributed by atoms with Crippen molar-refractivity contribution in [3.8, 4) is 0 Å². The number of halogens is 1. The summed E-state index contributed by atoms with van der Waals surface area (Å²) >= 11 is 5.93. The highest BCUT2D eigenvalue weighted by atomic mass is 35.5. The van der Waals surface area contributed by atoms with Crippen molar-refractivity contribution in [1.29, 1.82) is 0 Å². The van der Waals surface area contributed by atoms with Crippen molar-refractivity contribution in [1.82, 2.24) is 14.3 Å². The van der Waals surface area contributed by atoms with Crippen molar-refractivity contribution in [2.45, 2.75) is 36.6 Å². The van der Waals surface area contributed by atoms with Crippen molar-refractivity contribution in [2.24, 2.45) is 0 Å². The molecule has 3 heterocycles. The number of oxazole rings is 1. The highest BCUT2D eigenvalue weighted by molar-refractivity contribution is 7.89. The van der Waals surface area contributed by atoms with Gasteiger partial charge < -0.3 is 4.42 Å². The molecular formula is C20H20ClN3O3S. The summed E-state index contributed by atoms with van der Waals surface area (Å²) in [5.74, 6) is 1.14. The molecule has 2 aromatic heterocycles. The van der Waals surface area contributed by atoms with Crippen LogP contribution in [0, 0.1) is 0 Å². The molecule has 0 N–H and O–H groups in total. The molecule has 8 heteroatoms. The van der Waals surface area contributed by atoms with Crippen LogP contribution in [0.15, 0.2) is 64.3 Å². The molecule has 1 aliphatic heterocycles. The Morgan fingerprint density at radius 3 is 2.71 bits per heavy atom. The van der Waals surface area contributed by atoms with Crippen molar-refractivity contribution < 1.29 is 12.8 Å². The first-order valence-electron chi connectivity index (χ1n) is 9.15. The largest absolute Gasteiger partial charge is 0.444 e. The minimum atomic E-state index is -3.66. The fourth-order valence-electron chi connectivity index (χ4n) is 3.44. The molecule has 0 amide bonds. The molecule has 146 valence electrons. The summed E-state index contributed by atoms with van der Waals surface area (Å²) in [6, 6.07) is 10.3. The Labute approximate surface area is 169 Å². The molecule has 1 saturated heterocycles. The average Bonchev–Trinajstić information content (AvgIpc) is 3.19. The number of benzene rings is 1. The third-order valence-electron chi connectivity index (χ3n) is 4.84. The van der Waals surface area contributed by atoms with E-state index in [2.05, 4.69) is 9.97 Å². The minimum Gasteiger partial charge on any atom is -0.444 e. The van der Waals surface area contributed by atoms with Crippen molar-refractivity contribution >= 4 is 21.6 Å². The minimum absolute atomic E-state index is 0.190. The van der Waals surface area contributed by atoms with Gasteiger partial charge >= 0.3 is 0 Å². The van der Waals surface area contributed by atoms with Gasteiger partial charge in [0, 0.05) is 30.4 Å². The monoisotopic (exact) mass is 417 g/mol. The van der Waals surface area contributed by atoms with Gasteiger partial charge in [0.25, 0.3) is 0 Å². The van der Waals surface area contributed by atoms with Gasteiger partial charge in [0.05, 0.1) is 6.20 Å². The Morgan fingerprint density at radius 1 is 1.14 bits per heavy atom. The number of piperidine rings is 1. The number of hydrogen-bond acceptors (Lipinski definition) is 5. The fourth-order valence-corrected chi connectivity index (χ4v) is 5.18. The lowest BCUT2D eigenvalue weighted by Gasteiger charge is -2.32. The number of rotatable bonds is 5. The van der Waals surface area contributed by atoms with E-state index in [1.807, 2.05) is 24.3 Å². The molecule has 4 rings (SSSR count). The first-order chi connectivity index (χ1) is 13.5. The normalized spacial score (nSPS) is 18.2.